The summed E-state index contributed by atoms with van der Waals surface area (Å²) in [6.07, 6.45) is 2.19. The molecule has 9 nitrogen and oxygen atoms in total. The van der Waals surface area contributed by atoms with Crippen LogP contribution in [0.25, 0.3) is 0 Å². The second-order valence-corrected chi connectivity index (χ2v) is 9.65. The molecule has 1 aromatic heterocycles. The van der Waals surface area contributed by atoms with E-state index in [-0.39, 0.29) is 17.5 Å². The van der Waals surface area contributed by atoms with Gasteiger partial charge in [0.05, 0.1) is 11.1 Å². The number of hydrogen-bond acceptors (Lipinski definition) is 6. The fourth-order valence-electron chi connectivity index (χ4n) is 3.52. The highest BCUT2D eigenvalue weighted by atomic mass is 32.2. The number of ether oxygens (including phenoxy) is 1. The van der Waals surface area contributed by atoms with E-state index in [2.05, 4.69) is 10.4 Å². The number of nitrogens with one attached hydrogen (secondary N) is 1. The van der Waals surface area contributed by atoms with Crippen LogP contribution >= 0.6 is 0 Å². The summed E-state index contributed by atoms with van der Waals surface area (Å²) in [6, 6.07) is 8.74. The summed E-state index contributed by atoms with van der Waals surface area (Å²) >= 11 is 0. The van der Waals surface area contributed by atoms with Gasteiger partial charge in [0.1, 0.15) is 11.9 Å². The van der Waals surface area contributed by atoms with Crippen molar-refractivity contribution in [2.75, 3.05) is 11.9 Å². The molecule has 0 bridgehead atoms. The molecule has 0 radical (unpaired) electrons. The van der Waals surface area contributed by atoms with Crippen LogP contribution in [0.15, 0.2) is 47.5 Å². The fourth-order valence-corrected chi connectivity index (χ4v) is 5.18. The van der Waals surface area contributed by atoms with E-state index in [4.69, 9.17) is 4.74 Å². The lowest BCUT2D eigenvalue weighted by atomic mass is 10.1. The van der Waals surface area contributed by atoms with E-state index in [0.717, 1.165) is 0 Å². The Morgan fingerprint density at radius 3 is 2.52 bits per heavy atom. The number of anilines is 1. The maximum Gasteiger partial charge on any atom is 0.325 e. The molecule has 1 fully saturated rings. The van der Waals surface area contributed by atoms with E-state index >= 15 is 0 Å². The zero-order valence-electron chi connectivity index (χ0n) is 17.9. The van der Waals surface area contributed by atoms with E-state index in [1.165, 1.54) is 23.4 Å². The van der Waals surface area contributed by atoms with Crippen molar-refractivity contribution in [3.63, 3.8) is 0 Å². The largest absolute Gasteiger partial charge is 0.451 e. The number of benzene rings is 1. The molecule has 10 heteroatoms. The van der Waals surface area contributed by atoms with Crippen molar-refractivity contribution in [3.8, 4) is 0 Å². The van der Waals surface area contributed by atoms with Crippen LogP contribution in [0, 0.1) is 0 Å². The quantitative estimate of drug-likeness (QED) is 0.652. The van der Waals surface area contributed by atoms with E-state index in [9.17, 15) is 18.0 Å². The number of nitrogens with zero attached hydrogens (tertiary/aromatic N) is 3. The van der Waals surface area contributed by atoms with Gasteiger partial charge in [0.2, 0.25) is 10.0 Å². The van der Waals surface area contributed by atoms with Gasteiger partial charge in [0, 0.05) is 18.7 Å². The Balaban J connectivity index is 1.70. The highest BCUT2D eigenvalue weighted by molar-refractivity contribution is 7.89. The van der Waals surface area contributed by atoms with E-state index < -0.39 is 34.0 Å². The molecule has 2 unspecified atom stereocenters. The van der Waals surface area contributed by atoms with Gasteiger partial charge in [0.15, 0.2) is 6.10 Å². The highest BCUT2D eigenvalue weighted by Gasteiger charge is 2.39. The number of amides is 1. The minimum absolute atomic E-state index is 0.0437. The topological polar surface area (TPSA) is 111 Å². The molecule has 31 heavy (non-hydrogen) atoms. The number of carbonyl (C=O) groups excluding carboxylic acids is 2. The Hall–Kier alpha value is -2.72. The predicted octanol–water partition coefficient (Wildman–Crippen LogP) is 2.58. The first-order chi connectivity index (χ1) is 14.7. The maximum atomic E-state index is 13.1. The standard InChI is InChI=1S/C21H28N4O5S/c1-15(2)25-19(12-13-22-25)23-20(26)16(3)30-21(27)18-11-7-8-14-24(18)31(28,29)17-9-5-4-6-10-17/h4-6,9-10,12-13,15-16,18H,7-8,11,14H2,1-3H3,(H,23,26). The SMILES string of the molecule is CC(OC(=O)C1CCCCN1S(=O)(=O)c1ccccc1)C(=O)Nc1ccnn1C(C)C. The Kier molecular flexibility index (Phi) is 7.11. The molecule has 1 aromatic carbocycles. The van der Waals surface area contributed by atoms with Crippen LogP contribution in [0.5, 0.6) is 0 Å². The lowest BCUT2D eigenvalue weighted by Gasteiger charge is -2.33. The lowest BCUT2D eigenvalue weighted by molar-refractivity contribution is -0.157. The number of aromatic nitrogens is 2. The first-order valence-electron chi connectivity index (χ1n) is 10.3. The molecule has 0 saturated carbocycles. The van der Waals surface area contributed by atoms with E-state index in [1.807, 2.05) is 13.8 Å². The number of rotatable bonds is 7. The van der Waals surface area contributed by atoms with Gasteiger partial charge < -0.3 is 10.1 Å². The van der Waals surface area contributed by atoms with Crippen LogP contribution in [-0.4, -0.2) is 53.1 Å². The summed E-state index contributed by atoms with van der Waals surface area (Å²) in [4.78, 5) is 25.5. The average Bonchev–Trinajstić information content (AvgIpc) is 3.22. The van der Waals surface area contributed by atoms with Gasteiger partial charge in [-0.05, 0) is 52.2 Å². The minimum Gasteiger partial charge on any atom is -0.451 e. The van der Waals surface area contributed by atoms with Crippen LogP contribution in [0.1, 0.15) is 46.1 Å². The van der Waals surface area contributed by atoms with Gasteiger partial charge in [-0.15, -0.1) is 0 Å². The Labute approximate surface area is 182 Å². The summed E-state index contributed by atoms with van der Waals surface area (Å²) in [7, 11) is -3.85. The van der Waals surface area contributed by atoms with Gasteiger partial charge in [-0.2, -0.15) is 9.40 Å². The van der Waals surface area contributed by atoms with Crippen LogP contribution in [-0.2, 0) is 24.3 Å². The van der Waals surface area contributed by atoms with E-state index in [1.54, 1.807) is 35.1 Å². The molecule has 168 valence electrons. The van der Waals surface area contributed by atoms with Crippen molar-refractivity contribution in [1.29, 1.82) is 0 Å². The molecule has 0 aliphatic carbocycles. The number of carbonyl (C=O) groups is 2. The third kappa shape index (κ3) is 5.13. The van der Waals surface area contributed by atoms with Gasteiger partial charge >= 0.3 is 5.97 Å². The number of piperidine rings is 1. The monoisotopic (exact) mass is 448 g/mol. The van der Waals surface area contributed by atoms with Gasteiger partial charge in [-0.3, -0.25) is 9.59 Å². The molecule has 1 aliphatic heterocycles. The van der Waals surface area contributed by atoms with Crippen molar-refractivity contribution in [3.05, 3.63) is 42.6 Å². The Bertz CT molecular complexity index is 1020. The third-order valence-corrected chi connectivity index (χ3v) is 7.07. The molecule has 2 atom stereocenters. The van der Waals surface area contributed by atoms with Crippen LogP contribution in [0.4, 0.5) is 5.82 Å². The molecule has 2 heterocycles. The highest BCUT2D eigenvalue weighted by Crippen LogP contribution is 2.26. The van der Waals surface area contributed by atoms with Crippen LogP contribution in [0.2, 0.25) is 0 Å². The number of hydrogen-bond donors (Lipinski definition) is 1. The zero-order valence-corrected chi connectivity index (χ0v) is 18.7. The molecule has 1 amide bonds. The van der Waals surface area contributed by atoms with Crippen molar-refractivity contribution < 1.29 is 22.7 Å². The summed E-state index contributed by atoms with van der Waals surface area (Å²) in [5.41, 5.74) is 0. The average molecular weight is 449 g/mol. The molecular weight excluding hydrogens is 420 g/mol. The van der Waals surface area contributed by atoms with Gasteiger partial charge in [-0.25, -0.2) is 13.1 Å². The Morgan fingerprint density at radius 1 is 1.13 bits per heavy atom. The van der Waals surface area contributed by atoms with Crippen molar-refractivity contribution in [2.45, 2.75) is 63.1 Å². The molecule has 0 spiro atoms. The summed E-state index contributed by atoms with van der Waals surface area (Å²) in [5, 5.41) is 6.85. The van der Waals surface area contributed by atoms with Crippen LogP contribution in [0.3, 0.4) is 0 Å². The molecular formula is C21H28N4O5S. The predicted molar refractivity (Wildman–Crippen MR) is 115 cm³/mol. The Morgan fingerprint density at radius 2 is 1.84 bits per heavy atom. The molecule has 3 rings (SSSR count). The maximum absolute atomic E-state index is 13.1. The van der Waals surface area contributed by atoms with E-state index in [0.29, 0.717) is 25.1 Å². The zero-order chi connectivity index (χ0) is 22.6. The first kappa shape index (κ1) is 23.0. The molecule has 1 aliphatic rings. The molecule has 1 saturated heterocycles. The normalized spacial score (nSPS) is 18.5. The number of sulfonamides is 1. The number of esters is 1. The second kappa shape index (κ2) is 9.61. The van der Waals surface area contributed by atoms with Gasteiger partial charge in [0.25, 0.3) is 5.91 Å². The van der Waals surface area contributed by atoms with Crippen LogP contribution < -0.4 is 5.32 Å². The molecule has 2 aromatic rings. The van der Waals surface area contributed by atoms with Crippen molar-refractivity contribution in [2.24, 2.45) is 0 Å². The molecule has 1 N–H and O–H groups in total. The lowest BCUT2D eigenvalue weighted by Crippen LogP contribution is -2.49. The van der Waals surface area contributed by atoms with Gasteiger partial charge in [-0.1, -0.05) is 18.2 Å². The first-order valence-corrected chi connectivity index (χ1v) is 11.8. The fraction of sp³-hybridized carbons (Fsp3) is 0.476. The minimum atomic E-state index is -3.85. The summed E-state index contributed by atoms with van der Waals surface area (Å²) in [6.45, 7) is 5.54. The second-order valence-electron chi connectivity index (χ2n) is 7.76. The third-order valence-electron chi connectivity index (χ3n) is 5.15. The summed E-state index contributed by atoms with van der Waals surface area (Å²) < 4.78 is 34.3. The van der Waals surface area contributed by atoms with Crippen molar-refractivity contribution >= 4 is 27.7 Å². The smallest absolute Gasteiger partial charge is 0.325 e. The van der Waals surface area contributed by atoms with Crippen molar-refractivity contribution in [1.82, 2.24) is 14.1 Å². The summed E-state index contributed by atoms with van der Waals surface area (Å²) in [5.74, 6) is -0.739.